The predicted octanol–water partition coefficient (Wildman–Crippen LogP) is 5.13. The molecular weight excluding hydrogens is 408 g/mol. The molecule has 0 amide bonds. The first-order valence-corrected chi connectivity index (χ1v) is 9.56. The summed E-state index contributed by atoms with van der Waals surface area (Å²) < 4.78 is 10.7. The number of ether oxygens (including phenoxy) is 2. The van der Waals surface area contributed by atoms with Gasteiger partial charge in [-0.05, 0) is 49.1 Å². The van der Waals surface area contributed by atoms with Crippen molar-refractivity contribution in [2.75, 3.05) is 7.11 Å². The van der Waals surface area contributed by atoms with E-state index in [-0.39, 0.29) is 34.1 Å². The van der Waals surface area contributed by atoms with Crippen LogP contribution in [0, 0.1) is 6.92 Å². The molecule has 0 aliphatic heterocycles. The monoisotopic (exact) mass is 428 g/mol. The Labute approximate surface area is 178 Å². The maximum absolute atomic E-state index is 12.1. The highest BCUT2D eigenvalue weighted by molar-refractivity contribution is 6.33. The standard InChI is InChI=1S/C23H21ClO6/c1-13-3-8-16(9-4-13)30-20-11-15(25)7-5-14(20)6-10-17-21(23(28)29-2)18(26)12-19(27)22(17)24/h3-5,7-9,11-12,25-27H,6,10H2,1-2H3. The molecule has 3 aromatic rings. The molecule has 3 N–H and O–H groups in total. The van der Waals surface area contributed by atoms with Crippen LogP contribution in [0.5, 0.6) is 28.7 Å². The van der Waals surface area contributed by atoms with Gasteiger partial charge in [-0.25, -0.2) is 4.79 Å². The molecule has 0 unspecified atom stereocenters. The minimum Gasteiger partial charge on any atom is -0.508 e. The van der Waals surface area contributed by atoms with Crippen LogP contribution in [-0.2, 0) is 17.6 Å². The topological polar surface area (TPSA) is 96.2 Å². The van der Waals surface area contributed by atoms with Gasteiger partial charge >= 0.3 is 5.97 Å². The second kappa shape index (κ2) is 8.97. The van der Waals surface area contributed by atoms with Gasteiger partial charge in [-0.1, -0.05) is 35.4 Å². The summed E-state index contributed by atoms with van der Waals surface area (Å²) in [5.41, 5.74) is 1.99. The molecule has 0 saturated heterocycles. The summed E-state index contributed by atoms with van der Waals surface area (Å²) in [6.07, 6.45) is 0.564. The fraction of sp³-hybridized carbons (Fsp3) is 0.174. The molecule has 0 aliphatic carbocycles. The SMILES string of the molecule is COC(=O)c1c(O)cc(O)c(Cl)c1CCc1ccc(O)cc1Oc1ccc(C)cc1. The fourth-order valence-electron chi connectivity index (χ4n) is 3.09. The average Bonchev–Trinajstić information content (AvgIpc) is 2.72. The Hall–Kier alpha value is -3.38. The lowest BCUT2D eigenvalue weighted by Gasteiger charge is -2.15. The van der Waals surface area contributed by atoms with Crippen molar-refractivity contribution < 1.29 is 29.6 Å². The average molecular weight is 429 g/mol. The van der Waals surface area contributed by atoms with Crippen LogP contribution in [0.4, 0.5) is 0 Å². The molecule has 3 aromatic carbocycles. The Morgan fingerprint density at radius 1 is 0.967 bits per heavy atom. The van der Waals surface area contributed by atoms with E-state index in [2.05, 4.69) is 0 Å². The predicted molar refractivity (Wildman–Crippen MR) is 113 cm³/mol. The Morgan fingerprint density at radius 2 is 1.67 bits per heavy atom. The first-order chi connectivity index (χ1) is 14.3. The van der Waals surface area contributed by atoms with Crippen LogP contribution in [0.25, 0.3) is 0 Å². The lowest BCUT2D eigenvalue weighted by molar-refractivity contribution is 0.0596. The van der Waals surface area contributed by atoms with Crippen molar-refractivity contribution in [3.8, 4) is 28.7 Å². The number of aryl methyl sites for hydroxylation is 2. The van der Waals surface area contributed by atoms with Gasteiger partial charge in [-0.2, -0.15) is 0 Å². The van der Waals surface area contributed by atoms with Crippen LogP contribution in [0.2, 0.25) is 5.02 Å². The number of hydrogen-bond acceptors (Lipinski definition) is 6. The zero-order valence-electron chi connectivity index (χ0n) is 16.5. The Balaban J connectivity index is 1.93. The Bertz CT molecular complexity index is 1080. The number of methoxy groups -OCH3 is 1. The third-order valence-corrected chi connectivity index (χ3v) is 5.08. The maximum atomic E-state index is 12.1. The zero-order valence-corrected chi connectivity index (χ0v) is 17.2. The number of phenolic OH excluding ortho intramolecular Hbond substituents is 3. The van der Waals surface area contributed by atoms with E-state index in [1.807, 2.05) is 31.2 Å². The molecular formula is C23H21ClO6. The van der Waals surface area contributed by atoms with E-state index in [9.17, 15) is 20.1 Å². The molecule has 3 rings (SSSR count). The van der Waals surface area contributed by atoms with Gasteiger partial charge in [-0.3, -0.25) is 0 Å². The number of benzene rings is 3. The minimum atomic E-state index is -0.758. The van der Waals surface area contributed by atoms with E-state index in [0.717, 1.165) is 17.2 Å². The summed E-state index contributed by atoms with van der Waals surface area (Å²) in [6, 6.07) is 13.2. The van der Waals surface area contributed by atoms with Gasteiger partial charge in [0.2, 0.25) is 0 Å². The smallest absolute Gasteiger partial charge is 0.341 e. The van der Waals surface area contributed by atoms with Crippen molar-refractivity contribution in [1.29, 1.82) is 0 Å². The minimum absolute atomic E-state index is 0.0343. The highest BCUT2D eigenvalue weighted by Crippen LogP contribution is 2.38. The molecule has 0 fully saturated rings. The van der Waals surface area contributed by atoms with Crippen LogP contribution >= 0.6 is 11.6 Å². The van der Waals surface area contributed by atoms with Crippen LogP contribution in [-0.4, -0.2) is 28.4 Å². The summed E-state index contributed by atoms with van der Waals surface area (Å²) in [7, 11) is 1.19. The lowest BCUT2D eigenvalue weighted by Crippen LogP contribution is -2.08. The van der Waals surface area contributed by atoms with Crippen LogP contribution in [0.3, 0.4) is 0 Å². The second-order valence-electron chi connectivity index (χ2n) is 6.78. The Kier molecular flexibility index (Phi) is 6.37. The van der Waals surface area contributed by atoms with E-state index in [1.54, 1.807) is 6.07 Å². The number of carbonyl (C=O) groups is 1. The van der Waals surface area contributed by atoms with Gasteiger partial charge in [0.05, 0.1) is 12.1 Å². The van der Waals surface area contributed by atoms with Crippen LogP contribution < -0.4 is 4.74 Å². The van der Waals surface area contributed by atoms with Crippen molar-refractivity contribution >= 4 is 17.6 Å². The van der Waals surface area contributed by atoms with Gasteiger partial charge in [0, 0.05) is 12.1 Å². The van der Waals surface area contributed by atoms with Crippen molar-refractivity contribution in [2.45, 2.75) is 19.8 Å². The summed E-state index contributed by atoms with van der Waals surface area (Å²) >= 11 is 6.21. The number of esters is 1. The zero-order chi connectivity index (χ0) is 21.8. The molecule has 0 aliphatic rings. The van der Waals surface area contributed by atoms with Gasteiger partial charge < -0.3 is 24.8 Å². The van der Waals surface area contributed by atoms with Gasteiger partial charge in [0.25, 0.3) is 0 Å². The number of carbonyl (C=O) groups excluding carboxylic acids is 1. The summed E-state index contributed by atoms with van der Waals surface area (Å²) in [6.45, 7) is 1.97. The Morgan fingerprint density at radius 3 is 2.33 bits per heavy atom. The van der Waals surface area contributed by atoms with Gasteiger partial charge in [-0.15, -0.1) is 0 Å². The van der Waals surface area contributed by atoms with Crippen LogP contribution in [0.1, 0.15) is 27.0 Å². The molecule has 0 atom stereocenters. The third-order valence-electron chi connectivity index (χ3n) is 4.65. The molecule has 0 saturated carbocycles. The van der Waals surface area contributed by atoms with Crippen molar-refractivity contribution in [3.05, 3.63) is 75.8 Å². The molecule has 0 aromatic heterocycles. The number of rotatable bonds is 6. The maximum Gasteiger partial charge on any atom is 0.341 e. The summed E-state index contributed by atoms with van der Waals surface area (Å²) in [4.78, 5) is 12.1. The quantitative estimate of drug-likeness (QED) is 0.471. The molecule has 6 nitrogen and oxygen atoms in total. The van der Waals surface area contributed by atoms with E-state index in [1.165, 1.54) is 19.2 Å². The number of phenols is 3. The molecule has 30 heavy (non-hydrogen) atoms. The third kappa shape index (κ3) is 4.60. The molecule has 0 spiro atoms. The largest absolute Gasteiger partial charge is 0.508 e. The van der Waals surface area contributed by atoms with Crippen LogP contribution in [0.15, 0.2) is 48.5 Å². The number of hydrogen-bond donors (Lipinski definition) is 3. The first kappa shape index (κ1) is 21.3. The summed E-state index contributed by atoms with van der Waals surface area (Å²) in [5.74, 6) is -0.413. The van der Waals surface area contributed by atoms with Gasteiger partial charge in [0.15, 0.2) is 0 Å². The van der Waals surface area contributed by atoms with Crippen molar-refractivity contribution in [1.82, 2.24) is 0 Å². The normalized spacial score (nSPS) is 10.6. The molecule has 156 valence electrons. The highest BCUT2D eigenvalue weighted by Gasteiger charge is 2.23. The van der Waals surface area contributed by atoms with E-state index >= 15 is 0 Å². The highest BCUT2D eigenvalue weighted by atomic mass is 35.5. The fourth-order valence-corrected chi connectivity index (χ4v) is 3.33. The van der Waals surface area contributed by atoms with E-state index < -0.39 is 11.7 Å². The van der Waals surface area contributed by atoms with Crippen molar-refractivity contribution in [3.63, 3.8) is 0 Å². The van der Waals surface area contributed by atoms with E-state index in [0.29, 0.717) is 17.9 Å². The first-order valence-electron chi connectivity index (χ1n) is 9.18. The van der Waals surface area contributed by atoms with Crippen molar-refractivity contribution in [2.24, 2.45) is 0 Å². The van der Waals surface area contributed by atoms with Gasteiger partial charge in [0.1, 0.15) is 34.3 Å². The molecule has 7 heteroatoms. The molecule has 0 radical (unpaired) electrons. The van der Waals surface area contributed by atoms with E-state index in [4.69, 9.17) is 21.1 Å². The molecule has 0 heterocycles. The number of aromatic hydroxyl groups is 3. The second-order valence-corrected chi connectivity index (χ2v) is 7.16. The lowest BCUT2D eigenvalue weighted by atomic mass is 9.97. The summed E-state index contributed by atoms with van der Waals surface area (Å²) in [5, 5.41) is 29.9. The number of halogens is 1. The molecule has 0 bridgehead atoms.